The SMILES string of the molecule is N#Cc1ccc(Nc2cccnc2)c(Br)c1. The number of hydrogen-bond donors (Lipinski definition) is 1. The summed E-state index contributed by atoms with van der Waals surface area (Å²) in [5.41, 5.74) is 2.45. The van der Waals surface area contributed by atoms with E-state index in [1.807, 2.05) is 18.2 Å². The number of benzene rings is 1. The summed E-state index contributed by atoms with van der Waals surface area (Å²) >= 11 is 3.41. The molecule has 1 N–H and O–H groups in total. The lowest BCUT2D eigenvalue weighted by Crippen LogP contribution is -1.92. The number of halogens is 1. The second kappa shape index (κ2) is 4.77. The Balaban J connectivity index is 2.27. The largest absolute Gasteiger partial charge is 0.353 e. The standard InChI is InChI=1S/C12H8BrN3/c13-11-6-9(7-14)3-4-12(11)16-10-2-1-5-15-8-10/h1-6,8,16H. The van der Waals surface area contributed by atoms with E-state index >= 15 is 0 Å². The number of nitrogens with zero attached hydrogens (tertiary/aromatic N) is 2. The lowest BCUT2D eigenvalue weighted by atomic mass is 10.2. The number of aromatic nitrogens is 1. The Bertz CT molecular complexity index is 532. The molecule has 0 radical (unpaired) electrons. The molecule has 1 aromatic heterocycles. The van der Waals surface area contributed by atoms with Crippen LogP contribution in [0.5, 0.6) is 0 Å². The van der Waals surface area contributed by atoms with Gasteiger partial charge in [0.05, 0.1) is 29.2 Å². The molecule has 3 nitrogen and oxygen atoms in total. The van der Waals surface area contributed by atoms with Crippen LogP contribution in [0.2, 0.25) is 0 Å². The zero-order valence-electron chi connectivity index (χ0n) is 8.31. The van der Waals surface area contributed by atoms with Crippen LogP contribution in [0, 0.1) is 11.3 Å². The molecule has 0 fully saturated rings. The van der Waals surface area contributed by atoms with E-state index in [2.05, 4.69) is 32.3 Å². The molecule has 2 rings (SSSR count). The van der Waals surface area contributed by atoms with Gasteiger partial charge in [-0.25, -0.2) is 0 Å². The quantitative estimate of drug-likeness (QED) is 0.912. The highest BCUT2D eigenvalue weighted by Gasteiger charge is 2.01. The van der Waals surface area contributed by atoms with Gasteiger partial charge in [0.25, 0.3) is 0 Å². The van der Waals surface area contributed by atoms with E-state index < -0.39 is 0 Å². The third kappa shape index (κ3) is 2.38. The number of pyridine rings is 1. The molecule has 78 valence electrons. The van der Waals surface area contributed by atoms with Gasteiger partial charge in [-0.3, -0.25) is 4.98 Å². The van der Waals surface area contributed by atoms with Gasteiger partial charge in [0.15, 0.2) is 0 Å². The summed E-state index contributed by atoms with van der Waals surface area (Å²) in [4.78, 5) is 4.01. The highest BCUT2D eigenvalue weighted by atomic mass is 79.9. The van der Waals surface area contributed by atoms with Crippen molar-refractivity contribution in [2.45, 2.75) is 0 Å². The van der Waals surface area contributed by atoms with Crippen molar-refractivity contribution in [2.75, 3.05) is 5.32 Å². The Labute approximate surface area is 102 Å². The minimum absolute atomic E-state index is 0.628. The van der Waals surface area contributed by atoms with Gasteiger partial charge in [-0.1, -0.05) is 0 Å². The summed E-state index contributed by atoms with van der Waals surface area (Å²) in [6, 6.07) is 11.3. The summed E-state index contributed by atoms with van der Waals surface area (Å²) in [6.45, 7) is 0. The van der Waals surface area contributed by atoms with Crippen molar-refractivity contribution < 1.29 is 0 Å². The van der Waals surface area contributed by atoms with E-state index in [0.717, 1.165) is 15.8 Å². The van der Waals surface area contributed by atoms with E-state index in [1.165, 1.54) is 0 Å². The molecular weight excluding hydrogens is 266 g/mol. The molecule has 0 saturated carbocycles. The molecule has 0 aliphatic heterocycles. The highest BCUT2D eigenvalue weighted by molar-refractivity contribution is 9.10. The minimum Gasteiger partial charge on any atom is -0.353 e. The van der Waals surface area contributed by atoms with E-state index in [1.54, 1.807) is 24.5 Å². The van der Waals surface area contributed by atoms with Crippen molar-refractivity contribution in [1.29, 1.82) is 5.26 Å². The topological polar surface area (TPSA) is 48.7 Å². The van der Waals surface area contributed by atoms with Crippen molar-refractivity contribution in [3.63, 3.8) is 0 Å². The summed E-state index contributed by atoms with van der Waals surface area (Å²) in [5.74, 6) is 0. The van der Waals surface area contributed by atoms with E-state index in [9.17, 15) is 0 Å². The summed E-state index contributed by atoms with van der Waals surface area (Å²) in [5, 5.41) is 11.9. The van der Waals surface area contributed by atoms with Crippen LogP contribution in [0.1, 0.15) is 5.56 Å². The van der Waals surface area contributed by atoms with Crippen molar-refractivity contribution >= 4 is 27.3 Å². The van der Waals surface area contributed by atoms with Gasteiger partial charge in [0, 0.05) is 10.7 Å². The Morgan fingerprint density at radius 3 is 2.81 bits per heavy atom. The highest BCUT2D eigenvalue weighted by Crippen LogP contribution is 2.26. The fourth-order valence-corrected chi connectivity index (χ4v) is 1.76. The van der Waals surface area contributed by atoms with Crippen LogP contribution in [0.25, 0.3) is 0 Å². The molecule has 0 aliphatic carbocycles. The first kappa shape index (κ1) is 10.7. The van der Waals surface area contributed by atoms with E-state index in [-0.39, 0.29) is 0 Å². The molecule has 0 spiro atoms. The van der Waals surface area contributed by atoms with Gasteiger partial charge in [-0.05, 0) is 46.3 Å². The van der Waals surface area contributed by atoms with E-state index in [4.69, 9.17) is 5.26 Å². The number of anilines is 2. The van der Waals surface area contributed by atoms with Crippen molar-refractivity contribution in [1.82, 2.24) is 4.98 Å². The van der Waals surface area contributed by atoms with Crippen LogP contribution in [-0.4, -0.2) is 4.98 Å². The Hall–Kier alpha value is -1.86. The lowest BCUT2D eigenvalue weighted by Gasteiger charge is -2.07. The average Bonchev–Trinajstić information content (AvgIpc) is 2.33. The molecule has 1 heterocycles. The first-order valence-corrected chi connectivity index (χ1v) is 5.45. The molecular formula is C12H8BrN3. The monoisotopic (exact) mass is 273 g/mol. The van der Waals surface area contributed by atoms with E-state index in [0.29, 0.717) is 5.56 Å². The minimum atomic E-state index is 0.628. The fraction of sp³-hybridized carbons (Fsp3) is 0. The second-order valence-corrected chi connectivity index (χ2v) is 4.03. The van der Waals surface area contributed by atoms with Crippen LogP contribution >= 0.6 is 15.9 Å². The van der Waals surface area contributed by atoms with Crippen LogP contribution in [-0.2, 0) is 0 Å². The third-order valence-electron chi connectivity index (χ3n) is 2.04. The first-order chi connectivity index (χ1) is 7.79. The fourth-order valence-electron chi connectivity index (χ4n) is 1.28. The molecule has 0 amide bonds. The summed E-state index contributed by atoms with van der Waals surface area (Å²) in [6.07, 6.45) is 3.46. The molecule has 0 atom stereocenters. The maximum atomic E-state index is 8.74. The van der Waals surface area contributed by atoms with Crippen LogP contribution in [0.15, 0.2) is 47.2 Å². The molecule has 0 aliphatic rings. The van der Waals surface area contributed by atoms with Gasteiger partial charge in [0.2, 0.25) is 0 Å². The molecule has 0 saturated heterocycles. The Morgan fingerprint density at radius 1 is 1.31 bits per heavy atom. The zero-order chi connectivity index (χ0) is 11.4. The number of nitrogens with one attached hydrogen (secondary N) is 1. The molecule has 0 bridgehead atoms. The maximum Gasteiger partial charge on any atom is 0.0992 e. The lowest BCUT2D eigenvalue weighted by molar-refractivity contribution is 1.32. The number of rotatable bonds is 2. The molecule has 4 heteroatoms. The summed E-state index contributed by atoms with van der Waals surface area (Å²) < 4.78 is 0.857. The van der Waals surface area contributed by atoms with Gasteiger partial charge in [-0.2, -0.15) is 5.26 Å². The van der Waals surface area contributed by atoms with Crippen LogP contribution in [0.4, 0.5) is 11.4 Å². The number of nitriles is 1. The van der Waals surface area contributed by atoms with Crippen molar-refractivity contribution in [3.8, 4) is 6.07 Å². The maximum absolute atomic E-state index is 8.74. The predicted molar refractivity (Wildman–Crippen MR) is 66.4 cm³/mol. The Morgan fingerprint density at radius 2 is 2.19 bits per heavy atom. The zero-order valence-corrected chi connectivity index (χ0v) is 9.90. The summed E-state index contributed by atoms with van der Waals surface area (Å²) in [7, 11) is 0. The van der Waals surface area contributed by atoms with Crippen LogP contribution < -0.4 is 5.32 Å². The smallest absolute Gasteiger partial charge is 0.0992 e. The van der Waals surface area contributed by atoms with Gasteiger partial charge in [-0.15, -0.1) is 0 Å². The average molecular weight is 274 g/mol. The van der Waals surface area contributed by atoms with Gasteiger partial charge < -0.3 is 5.32 Å². The Kier molecular flexibility index (Phi) is 3.18. The van der Waals surface area contributed by atoms with Gasteiger partial charge in [0.1, 0.15) is 0 Å². The number of hydrogen-bond acceptors (Lipinski definition) is 3. The first-order valence-electron chi connectivity index (χ1n) is 4.66. The third-order valence-corrected chi connectivity index (χ3v) is 2.69. The molecule has 1 aromatic carbocycles. The normalized spacial score (nSPS) is 9.50. The molecule has 0 unspecified atom stereocenters. The molecule has 16 heavy (non-hydrogen) atoms. The van der Waals surface area contributed by atoms with Crippen molar-refractivity contribution in [2.24, 2.45) is 0 Å². The predicted octanol–water partition coefficient (Wildman–Crippen LogP) is 3.46. The van der Waals surface area contributed by atoms with Crippen molar-refractivity contribution in [3.05, 3.63) is 52.8 Å². The second-order valence-electron chi connectivity index (χ2n) is 3.17. The van der Waals surface area contributed by atoms with Gasteiger partial charge >= 0.3 is 0 Å². The molecule has 2 aromatic rings. The van der Waals surface area contributed by atoms with Crippen LogP contribution in [0.3, 0.4) is 0 Å².